The molecule has 152 valence electrons. The summed E-state index contributed by atoms with van der Waals surface area (Å²) in [6.45, 7) is 0.524. The van der Waals surface area contributed by atoms with Crippen LogP contribution in [0.3, 0.4) is 0 Å². The zero-order valence-corrected chi connectivity index (χ0v) is 17.5. The van der Waals surface area contributed by atoms with Crippen LogP contribution in [0.4, 0.5) is 4.39 Å². The van der Waals surface area contributed by atoms with Crippen LogP contribution in [-0.4, -0.2) is 52.0 Å². The SMILES string of the molecule is CN(C)[C@H](CNC(=O)CSc1nnc(-c2ccc(F)cc2)n1C)c1ccccc1. The highest BCUT2D eigenvalue weighted by Crippen LogP contribution is 2.23. The summed E-state index contributed by atoms with van der Waals surface area (Å²) in [7, 11) is 5.82. The lowest BCUT2D eigenvalue weighted by molar-refractivity contribution is -0.118. The molecule has 1 heterocycles. The number of aromatic nitrogens is 3. The Morgan fingerprint density at radius 1 is 1.14 bits per heavy atom. The number of likely N-dealkylation sites (N-methyl/N-ethyl adjacent to an activating group) is 1. The van der Waals surface area contributed by atoms with Crippen molar-refractivity contribution in [1.82, 2.24) is 25.0 Å². The van der Waals surface area contributed by atoms with E-state index in [0.717, 1.165) is 11.1 Å². The molecular weight excluding hydrogens is 389 g/mol. The molecule has 2 aromatic carbocycles. The maximum absolute atomic E-state index is 13.1. The third kappa shape index (κ3) is 5.42. The van der Waals surface area contributed by atoms with E-state index in [-0.39, 0.29) is 23.5 Å². The third-order valence-electron chi connectivity index (χ3n) is 4.57. The molecule has 0 saturated carbocycles. The largest absolute Gasteiger partial charge is 0.353 e. The molecule has 1 amide bonds. The molecule has 3 aromatic rings. The second-order valence-corrected chi connectivity index (χ2v) is 7.80. The maximum atomic E-state index is 13.1. The maximum Gasteiger partial charge on any atom is 0.230 e. The number of halogens is 1. The number of hydrogen-bond acceptors (Lipinski definition) is 5. The predicted molar refractivity (Wildman–Crippen MR) is 113 cm³/mol. The fraction of sp³-hybridized carbons (Fsp3) is 0.286. The molecule has 0 bridgehead atoms. The van der Waals surface area contributed by atoms with Gasteiger partial charge in [0.1, 0.15) is 5.82 Å². The molecule has 29 heavy (non-hydrogen) atoms. The fourth-order valence-corrected chi connectivity index (χ4v) is 3.70. The molecule has 0 aliphatic heterocycles. The normalized spacial score (nSPS) is 12.2. The van der Waals surface area contributed by atoms with Gasteiger partial charge in [-0.25, -0.2) is 4.39 Å². The van der Waals surface area contributed by atoms with E-state index in [0.29, 0.717) is 17.5 Å². The number of nitrogens with zero attached hydrogens (tertiary/aromatic N) is 4. The van der Waals surface area contributed by atoms with E-state index < -0.39 is 0 Å². The van der Waals surface area contributed by atoms with Crippen LogP contribution >= 0.6 is 11.8 Å². The van der Waals surface area contributed by atoms with Gasteiger partial charge in [-0.15, -0.1) is 10.2 Å². The van der Waals surface area contributed by atoms with Crippen LogP contribution in [-0.2, 0) is 11.8 Å². The van der Waals surface area contributed by atoms with Crippen molar-refractivity contribution in [2.75, 3.05) is 26.4 Å². The Bertz CT molecular complexity index is 943. The van der Waals surface area contributed by atoms with Crippen molar-refractivity contribution in [3.05, 3.63) is 66.0 Å². The zero-order chi connectivity index (χ0) is 20.8. The van der Waals surface area contributed by atoms with E-state index in [9.17, 15) is 9.18 Å². The molecule has 0 aliphatic carbocycles. The van der Waals surface area contributed by atoms with Gasteiger partial charge in [0.15, 0.2) is 11.0 Å². The minimum absolute atomic E-state index is 0.0656. The van der Waals surface area contributed by atoms with Crippen LogP contribution in [0.2, 0.25) is 0 Å². The predicted octanol–water partition coefficient (Wildman–Crippen LogP) is 3.13. The van der Waals surface area contributed by atoms with Gasteiger partial charge >= 0.3 is 0 Å². The van der Waals surface area contributed by atoms with Crippen molar-refractivity contribution in [1.29, 1.82) is 0 Å². The van der Waals surface area contributed by atoms with Crippen LogP contribution < -0.4 is 5.32 Å². The van der Waals surface area contributed by atoms with Crippen LogP contribution in [0, 0.1) is 5.82 Å². The lowest BCUT2D eigenvalue weighted by Gasteiger charge is -2.25. The summed E-state index contributed by atoms with van der Waals surface area (Å²) in [4.78, 5) is 14.4. The van der Waals surface area contributed by atoms with E-state index in [2.05, 4.69) is 32.5 Å². The van der Waals surface area contributed by atoms with Gasteiger partial charge in [0, 0.05) is 19.2 Å². The van der Waals surface area contributed by atoms with Gasteiger partial charge < -0.3 is 14.8 Å². The van der Waals surface area contributed by atoms with Crippen LogP contribution in [0.15, 0.2) is 59.8 Å². The molecule has 0 unspecified atom stereocenters. The summed E-state index contributed by atoms with van der Waals surface area (Å²) in [6.07, 6.45) is 0. The summed E-state index contributed by atoms with van der Waals surface area (Å²) in [5.74, 6) is 0.507. The van der Waals surface area contributed by atoms with Crippen molar-refractivity contribution in [2.45, 2.75) is 11.2 Å². The molecule has 1 N–H and O–H groups in total. The topological polar surface area (TPSA) is 63.1 Å². The smallest absolute Gasteiger partial charge is 0.230 e. The number of thioether (sulfide) groups is 1. The van der Waals surface area contributed by atoms with E-state index in [4.69, 9.17) is 0 Å². The van der Waals surface area contributed by atoms with Gasteiger partial charge in [0.05, 0.1) is 11.8 Å². The van der Waals surface area contributed by atoms with Crippen molar-refractivity contribution in [3.8, 4) is 11.4 Å². The summed E-state index contributed by atoms with van der Waals surface area (Å²) < 4.78 is 14.9. The van der Waals surface area contributed by atoms with E-state index >= 15 is 0 Å². The molecule has 8 heteroatoms. The van der Waals surface area contributed by atoms with Gasteiger partial charge in [0.25, 0.3) is 0 Å². The molecule has 1 atom stereocenters. The molecule has 0 aliphatic rings. The number of carbonyl (C=O) groups is 1. The minimum Gasteiger partial charge on any atom is -0.353 e. The van der Waals surface area contributed by atoms with E-state index in [1.165, 1.54) is 23.9 Å². The summed E-state index contributed by atoms with van der Waals surface area (Å²) >= 11 is 1.32. The Hall–Kier alpha value is -2.71. The molecule has 0 fully saturated rings. The molecule has 1 aromatic heterocycles. The molecule has 0 radical (unpaired) electrons. The lowest BCUT2D eigenvalue weighted by atomic mass is 10.1. The lowest BCUT2D eigenvalue weighted by Crippen LogP contribution is -2.35. The first kappa shape index (κ1) is 21.0. The van der Waals surface area contributed by atoms with Crippen LogP contribution in [0.1, 0.15) is 11.6 Å². The summed E-state index contributed by atoms with van der Waals surface area (Å²) in [5.41, 5.74) is 1.93. The van der Waals surface area contributed by atoms with Gasteiger partial charge in [-0.3, -0.25) is 4.79 Å². The van der Waals surface area contributed by atoms with Gasteiger partial charge in [-0.05, 0) is 43.9 Å². The number of rotatable bonds is 8. The summed E-state index contributed by atoms with van der Waals surface area (Å²) in [5, 5.41) is 11.9. The Labute approximate surface area is 174 Å². The highest BCUT2D eigenvalue weighted by atomic mass is 32.2. The number of nitrogens with one attached hydrogen (secondary N) is 1. The third-order valence-corrected chi connectivity index (χ3v) is 5.59. The molecule has 6 nitrogen and oxygen atoms in total. The van der Waals surface area contributed by atoms with Crippen LogP contribution in [0.5, 0.6) is 0 Å². The Morgan fingerprint density at radius 2 is 1.83 bits per heavy atom. The highest BCUT2D eigenvalue weighted by Gasteiger charge is 2.16. The molecule has 0 spiro atoms. The molecular formula is C21H24FN5OS. The number of benzene rings is 2. The number of amides is 1. The average molecular weight is 414 g/mol. The Kier molecular flexibility index (Phi) is 7.00. The molecule has 3 rings (SSSR count). The van der Waals surface area contributed by atoms with Crippen molar-refractivity contribution in [3.63, 3.8) is 0 Å². The summed E-state index contributed by atoms with van der Waals surface area (Å²) in [6, 6.07) is 16.3. The Morgan fingerprint density at radius 3 is 2.48 bits per heavy atom. The monoisotopic (exact) mass is 413 g/mol. The zero-order valence-electron chi connectivity index (χ0n) is 16.7. The first-order valence-electron chi connectivity index (χ1n) is 9.22. The quantitative estimate of drug-likeness (QED) is 0.575. The fourth-order valence-electron chi connectivity index (χ4n) is 2.96. The van der Waals surface area contributed by atoms with E-state index in [1.54, 1.807) is 16.7 Å². The van der Waals surface area contributed by atoms with Gasteiger partial charge in [-0.1, -0.05) is 42.1 Å². The van der Waals surface area contributed by atoms with Crippen molar-refractivity contribution >= 4 is 17.7 Å². The average Bonchev–Trinajstić information content (AvgIpc) is 3.08. The second-order valence-electron chi connectivity index (χ2n) is 6.85. The van der Waals surface area contributed by atoms with Crippen LogP contribution in [0.25, 0.3) is 11.4 Å². The molecule has 0 saturated heterocycles. The first-order chi connectivity index (χ1) is 14.0. The first-order valence-corrected chi connectivity index (χ1v) is 10.2. The minimum atomic E-state index is -0.297. The number of carbonyl (C=O) groups excluding carboxylic acids is 1. The second kappa shape index (κ2) is 9.67. The standard InChI is InChI=1S/C21H24FN5OS/c1-26(2)18(15-7-5-4-6-8-15)13-23-19(28)14-29-21-25-24-20(27(21)3)16-9-11-17(22)12-10-16/h4-12,18H,13-14H2,1-3H3,(H,23,28)/t18-/m1/s1. The Balaban J connectivity index is 1.56. The number of hydrogen-bond donors (Lipinski definition) is 1. The van der Waals surface area contributed by atoms with Gasteiger partial charge in [-0.2, -0.15) is 0 Å². The highest BCUT2D eigenvalue weighted by molar-refractivity contribution is 7.99. The van der Waals surface area contributed by atoms with Crippen molar-refractivity contribution < 1.29 is 9.18 Å². The van der Waals surface area contributed by atoms with E-state index in [1.807, 2.05) is 39.3 Å². The van der Waals surface area contributed by atoms with Gasteiger partial charge in [0.2, 0.25) is 5.91 Å². The van der Waals surface area contributed by atoms with Crippen molar-refractivity contribution in [2.24, 2.45) is 7.05 Å².